The molecule has 1 heterocycles. The van der Waals surface area contributed by atoms with E-state index in [1.54, 1.807) is 36.4 Å². The zero-order chi connectivity index (χ0) is 14.1. The highest BCUT2D eigenvalue weighted by Crippen LogP contribution is 2.23. The van der Waals surface area contributed by atoms with Gasteiger partial charge in [0.05, 0.1) is 0 Å². The van der Waals surface area contributed by atoms with Gasteiger partial charge >= 0.3 is 5.63 Å². The van der Waals surface area contributed by atoms with E-state index in [1.807, 2.05) is 12.1 Å². The molecule has 1 N–H and O–H groups in total. The third-order valence-electron chi connectivity index (χ3n) is 2.82. The van der Waals surface area contributed by atoms with E-state index in [1.165, 1.54) is 0 Å². The Morgan fingerprint density at radius 2 is 1.80 bits per heavy atom. The molecule has 1 aromatic heterocycles. The number of hydrogen-bond acceptors (Lipinski definition) is 3. The van der Waals surface area contributed by atoms with Gasteiger partial charge in [-0.05, 0) is 48.5 Å². The smallest absolute Gasteiger partial charge is 0.360 e. The third-order valence-corrected chi connectivity index (χ3v) is 3.56. The molecule has 0 radical (unpaired) electrons. The Balaban J connectivity index is 2.04. The van der Waals surface area contributed by atoms with E-state index in [4.69, 9.17) is 16.0 Å². The van der Waals surface area contributed by atoms with Crippen molar-refractivity contribution in [2.24, 2.45) is 0 Å². The predicted octanol–water partition coefficient (Wildman–Crippen LogP) is 4.95. The van der Waals surface area contributed by atoms with Crippen molar-refractivity contribution in [2.45, 2.75) is 0 Å². The second-order valence-corrected chi connectivity index (χ2v) is 5.61. The van der Waals surface area contributed by atoms with Gasteiger partial charge in [0.15, 0.2) is 0 Å². The summed E-state index contributed by atoms with van der Waals surface area (Å²) in [6.07, 6.45) is 0. The summed E-state index contributed by atoms with van der Waals surface area (Å²) in [5.74, 6) is 0. The fourth-order valence-corrected chi connectivity index (χ4v) is 2.37. The first kappa shape index (κ1) is 13.2. The summed E-state index contributed by atoms with van der Waals surface area (Å²) < 4.78 is 6.21. The minimum Gasteiger partial charge on any atom is -0.421 e. The molecular weight excluding hydrogens is 342 g/mol. The Bertz CT molecular complexity index is 827. The lowest BCUT2D eigenvalue weighted by molar-refractivity contribution is 0.564. The molecule has 0 aliphatic heterocycles. The van der Waals surface area contributed by atoms with Gasteiger partial charge in [-0.3, -0.25) is 0 Å². The SMILES string of the molecule is O=c1oc2ccc(Br)cc2cc1Nc1ccc(Cl)cc1. The van der Waals surface area contributed by atoms with Gasteiger partial charge in [-0.2, -0.15) is 0 Å². The van der Waals surface area contributed by atoms with Crippen LogP contribution in [-0.4, -0.2) is 0 Å². The van der Waals surface area contributed by atoms with Gasteiger partial charge in [-0.1, -0.05) is 27.5 Å². The fourth-order valence-electron chi connectivity index (χ4n) is 1.87. The second kappa shape index (κ2) is 5.31. The van der Waals surface area contributed by atoms with Crippen LogP contribution in [0.1, 0.15) is 0 Å². The zero-order valence-corrected chi connectivity index (χ0v) is 12.5. The molecule has 100 valence electrons. The van der Waals surface area contributed by atoms with Crippen LogP contribution in [0.3, 0.4) is 0 Å². The number of halogens is 2. The molecule has 3 aromatic rings. The highest BCUT2D eigenvalue weighted by molar-refractivity contribution is 9.10. The molecular formula is C15H9BrClNO2. The van der Waals surface area contributed by atoms with Crippen molar-refractivity contribution in [1.29, 1.82) is 0 Å². The zero-order valence-electron chi connectivity index (χ0n) is 10.2. The van der Waals surface area contributed by atoms with Crippen molar-refractivity contribution >= 4 is 49.9 Å². The third kappa shape index (κ3) is 2.71. The number of anilines is 2. The molecule has 0 amide bonds. The molecule has 0 aliphatic rings. The van der Waals surface area contributed by atoms with Crippen LogP contribution in [0.25, 0.3) is 11.0 Å². The van der Waals surface area contributed by atoms with E-state index in [9.17, 15) is 4.79 Å². The van der Waals surface area contributed by atoms with Crippen molar-refractivity contribution in [3.05, 3.63) is 68.4 Å². The Labute approximate surface area is 128 Å². The summed E-state index contributed by atoms with van der Waals surface area (Å²) in [7, 11) is 0. The highest BCUT2D eigenvalue weighted by atomic mass is 79.9. The maximum Gasteiger partial charge on any atom is 0.360 e. The molecule has 20 heavy (non-hydrogen) atoms. The van der Waals surface area contributed by atoms with E-state index in [2.05, 4.69) is 21.2 Å². The lowest BCUT2D eigenvalue weighted by Gasteiger charge is -2.06. The summed E-state index contributed by atoms with van der Waals surface area (Å²) in [6.45, 7) is 0. The first-order valence-electron chi connectivity index (χ1n) is 5.88. The van der Waals surface area contributed by atoms with E-state index < -0.39 is 5.63 Å². The quantitative estimate of drug-likeness (QED) is 0.665. The molecule has 0 fully saturated rings. The molecule has 0 bridgehead atoms. The van der Waals surface area contributed by atoms with E-state index in [0.717, 1.165) is 15.5 Å². The maximum absolute atomic E-state index is 11.9. The summed E-state index contributed by atoms with van der Waals surface area (Å²) in [5.41, 5.74) is 1.31. The van der Waals surface area contributed by atoms with Crippen molar-refractivity contribution < 1.29 is 4.42 Å². The number of benzene rings is 2. The largest absolute Gasteiger partial charge is 0.421 e. The topological polar surface area (TPSA) is 42.2 Å². The molecule has 0 aliphatic carbocycles. The molecule has 2 aromatic carbocycles. The monoisotopic (exact) mass is 349 g/mol. The van der Waals surface area contributed by atoms with Crippen LogP contribution in [0.2, 0.25) is 5.02 Å². The molecule has 3 rings (SSSR count). The molecule has 0 saturated heterocycles. The van der Waals surface area contributed by atoms with Gasteiger partial charge in [0.1, 0.15) is 11.3 Å². The first-order chi connectivity index (χ1) is 9.61. The molecule has 0 spiro atoms. The summed E-state index contributed by atoms with van der Waals surface area (Å²) >= 11 is 9.22. The summed E-state index contributed by atoms with van der Waals surface area (Å²) in [4.78, 5) is 11.9. The molecule has 0 atom stereocenters. The second-order valence-electron chi connectivity index (χ2n) is 4.26. The van der Waals surface area contributed by atoms with Crippen LogP contribution in [0.5, 0.6) is 0 Å². The van der Waals surface area contributed by atoms with Crippen molar-refractivity contribution in [3.8, 4) is 0 Å². The van der Waals surface area contributed by atoms with Gasteiger partial charge < -0.3 is 9.73 Å². The van der Waals surface area contributed by atoms with Crippen molar-refractivity contribution in [1.82, 2.24) is 0 Å². The molecule has 0 saturated carbocycles. The molecule has 5 heteroatoms. The summed E-state index contributed by atoms with van der Waals surface area (Å²) in [5, 5.41) is 4.52. The fraction of sp³-hybridized carbons (Fsp3) is 0. The van der Waals surface area contributed by atoms with Crippen LogP contribution < -0.4 is 10.9 Å². The van der Waals surface area contributed by atoms with E-state index in [-0.39, 0.29) is 0 Å². The van der Waals surface area contributed by atoms with Crippen LogP contribution in [-0.2, 0) is 0 Å². The van der Waals surface area contributed by atoms with Crippen molar-refractivity contribution in [2.75, 3.05) is 5.32 Å². The van der Waals surface area contributed by atoms with Gasteiger partial charge in [-0.15, -0.1) is 0 Å². The standard InChI is InChI=1S/C15H9BrClNO2/c16-10-1-6-14-9(7-10)8-13(15(19)20-14)18-12-4-2-11(17)3-5-12/h1-8,18H. The number of hydrogen-bond donors (Lipinski definition) is 1. The minimum absolute atomic E-state index is 0.387. The molecule has 3 nitrogen and oxygen atoms in total. The number of nitrogens with one attached hydrogen (secondary N) is 1. The Morgan fingerprint density at radius 3 is 2.55 bits per heavy atom. The molecule has 0 unspecified atom stereocenters. The van der Waals surface area contributed by atoms with Crippen LogP contribution in [0, 0.1) is 0 Å². The Morgan fingerprint density at radius 1 is 1.05 bits per heavy atom. The van der Waals surface area contributed by atoms with Gasteiger partial charge in [0.25, 0.3) is 0 Å². The maximum atomic E-state index is 11.9. The first-order valence-corrected chi connectivity index (χ1v) is 7.05. The number of rotatable bonds is 2. The van der Waals surface area contributed by atoms with E-state index >= 15 is 0 Å². The van der Waals surface area contributed by atoms with Crippen molar-refractivity contribution in [3.63, 3.8) is 0 Å². The van der Waals surface area contributed by atoms with Gasteiger partial charge in [0, 0.05) is 20.6 Å². The Kier molecular flexibility index (Phi) is 3.51. The van der Waals surface area contributed by atoms with Crippen LogP contribution in [0.4, 0.5) is 11.4 Å². The lowest BCUT2D eigenvalue weighted by atomic mass is 10.2. The minimum atomic E-state index is -0.408. The van der Waals surface area contributed by atoms with Crippen LogP contribution in [0.15, 0.2) is 62.2 Å². The normalized spacial score (nSPS) is 10.7. The average molecular weight is 351 g/mol. The predicted molar refractivity (Wildman–Crippen MR) is 84.9 cm³/mol. The van der Waals surface area contributed by atoms with Gasteiger partial charge in [0.2, 0.25) is 0 Å². The summed E-state index contributed by atoms with van der Waals surface area (Å²) in [6, 6.07) is 14.3. The van der Waals surface area contributed by atoms with E-state index in [0.29, 0.717) is 16.3 Å². The Hall–Kier alpha value is -1.78. The van der Waals surface area contributed by atoms with Crippen LogP contribution >= 0.6 is 27.5 Å². The highest BCUT2D eigenvalue weighted by Gasteiger charge is 2.06. The lowest BCUT2D eigenvalue weighted by Crippen LogP contribution is -2.06. The average Bonchev–Trinajstić information content (AvgIpc) is 2.42. The number of fused-ring (bicyclic) bond motifs is 1. The van der Waals surface area contributed by atoms with Gasteiger partial charge in [-0.25, -0.2) is 4.79 Å².